The van der Waals surface area contributed by atoms with Crippen molar-refractivity contribution in [3.05, 3.63) is 0 Å². The summed E-state index contributed by atoms with van der Waals surface area (Å²) in [5.74, 6) is 1.75. The van der Waals surface area contributed by atoms with Crippen LogP contribution in [0.5, 0.6) is 0 Å². The van der Waals surface area contributed by atoms with E-state index < -0.39 is 0 Å². The normalized spacial score (nSPS) is 32.6. The van der Waals surface area contributed by atoms with E-state index >= 15 is 0 Å². The van der Waals surface area contributed by atoms with Crippen LogP contribution in [-0.4, -0.2) is 50.3 Å². The van der Waals surface area contributed by atoms with Crippen molar-refractivity contribution >= 4 is 0 Å². The van der Waals surface area contributed by atoms with Gasteiger partial charge in [-0.1, -0.05) is 6.92 Å². The Hall–Kier alpha value is -0.120. The van der Waals surface area contributed by atoms with E-state index in [4.69, 9.17) is 4.74 Å². The molecule has 0 bridgehead atoms. The van der Waals surface area contributed by atoms with Crippen LogP contribution >= 0.6 is 0 Å². The molecule has 3 nitrogen and oxygen atoms in total. The Morgan fingerprint density at radius 2 is 2.29 bits per heavy atom. The fourth-order valence-electron chi connectivity index (χ4n) is 2.33. The first-order valence-corrected chi connectivity index (χ1v) is 5.80. The molecular formula is C11H22N2O. The second-order valence-corrected chi connectivity index (χ2v) is 4.84. The van der Waals surface area contributed by atoms with E-state index in [1.54, 1.807) is 0 Å². The van der Waals surface area contributed by atoms with Crippen molar-refractivity contribution in [2.45, 2.75) is 20.0 Å². The van der Waals surface area contributed by atoms with Crippen molar-refractivity contribution in [3.63, 3.8) is 0 Å². The van der Waals surface area contributed by atoms with Gasteiger partial charge in [-0.2, -0.15) is 0 Å². The zero-order chi connectivity index (χ0) is 9.97. The summed E-state index contributed by atoms with van der Waals surface area (Å²) < 4.78 is 5.54. The summed E-state index contributed by atoms with van der Waals surface area (Å²) in [7, 11) is 0. The number of nitrogens with one attached hydrogen (secondary N) is 1. The monoisotopic (exact) mass is 198 g/mol. The van der Waals surface area contributed by atoms with E-state index in [2.05, 4.69) is 24.1 Å². The molecule has 0 spiro atoms. The molecule has 2 saturated heterocycles. The molecule has 0 saturated carbocycles. The van der Waals surface area contributed by atoms with E-state index in [0.717, 1.165) is 31.5 Å². The minimum atomic E-state index is 0.426. The van der Waals surface area contributed by atoms with Crippen molar-refractivity contribution in [2.24, 2.45) is 11.8 Å². The van der Waals surface area contributed by atoms with Crippen molar-refractivity contribution in [1.82, 2.24) is 10.2 Å². The van der Waals surface area contributed by atoms with Gasteiger partial charge >= 0.3 is 0 Å². The summed E-state index contributed by atoms with van der Waals surface area (Å²) in [5.41, 5.74) is 0. The van der Waals surface area contributed by atoms with Gasteiger partial charge in [0.15, 0.2) is 0 Å². The molecule has 2 rings (SSSR count). The van der Waals surface area contributed by atoms with Crippen LogP contribution in [-0.2, 0) is 4.74 Å². The first kappa shape index (κ1) is 10.4. The van der Waals surface area contributed by atoms with Crippen molar-refractivity contribution < 1.29 is 4.74 Å². The molecule has 0 aromatic carbocycles. The predicted octanol–water partition coefficient (Wildman–Crippen LogP) is 0.563. The van der Waals surface area contributed by atoms with Crippen LogP contribution in [0.25, 0.3) is 0 Å². The second-order valence-electron chi connectivity index (χ2n) is 4.84. The zero-order valence-electron chi connectivity index (χ0n) is 9.33. The maximum Gasteiger partial charge on any atom is 0.0674 e. The third-order valence-electron chi connectivity index (χ3n) is 3.49. The van der Waals surface area contributed by atoms with Crippen molar-refractivity contribution in [2.75, 3.05) is 39.3 Å². The molecule has 0 aromatic rings. The first-order valence-electron chi connectivity index (χ1n) is 5.80. The van der Waals surface area contributed by atoms with Crippen LogP contribution in [0.3, 0.4) is 0 Å². The average molecular weight is 198 g/mol. The summed E-state index contributed by atoms with van der Waals surface area (Å²) in [4.78, 5) is 2.55. The number of rotatable bonds is 3. The Labute approximate surface area is 86.8 Å². The SMILES string of the molecule is CC1CN(CC(C)C2CNC2)CCO1. The van der Waals surface area contributed by atoms with Gasteiger partial charge in [-0.05, 0) is 31.8 Å². The summed E-state index contributed by atoms with van der Waals surface area (Å²) in [6, 6.07) is 0. The van der Waals surface area contributed by atoms with E-state index in [-0.39, 0.29) is 0 Å². The quantitative estimate of drug-likeness (QED) is 0.717. The van der Waals surface area contributed by atoms with E-state index in [9.17, 15) is 0 Å². The van der Waals surface area contributed by atoms with E-state index in [0.29, 0.717) is 6.10 Å². The highest BCUT2D eigenvalue weighted by Crippen LogP contribution is 2.18. The molecule has 0 aromatic heterocycles. The van der Waals surface area contributed by atoms with Crippen LogP contribution in [0.15, 0.2) is 0 Å². The highest BCUT2D eigenvalue weighted by molar-refractivity contribution is 4.82. The lowest BCUT2D eigenvalue weighted by Gasteiger charge is -2.38. The number of ether oxygens (including phenoxy) is 1. The summed E-state index contributed by atoms with van der Waals surface area (Å²) in [6.07, 6.45) is 0.426. The molecule has 0 aliphatic carbocycles. The molecule has 2 fully saturated rings. The van der Waals surface area contributed by atoms with Crippen molar-refractivity contribution in [3.8, 4) is 0 Å². The third-order valence-corrected chi connectivity index (χ3v) is 3.49. The van der Waals surface area contributed by atoms with Crippen LogP contribution < -0.4 is 5.32 Å². The lowest BCUT2D eigenvalue weighted by Crippen LogP contribution is -2.50. The fourth-order valence-corrected chi connectivity index (χ4v) is 2.33. The summed E-state index contributed by atoms with van der Waals surface area (Å²) in [6.45, 7) is 11.4. The molecular weight excluding hydrogens is 176 g/mol. The van der Waals surface area contributed by atoms with E-state index in [1.807, 2.05) is 0 Å². The first-order chi connectivity index (χ1) is 6.75. The largest absolute Gasteiger partial charge is 0.376 e. The zero-order valence-corrected chi connectivity index (χ0v) is 9.33. The lowest BCUT2D eigenvalue weighted by molar-refractivity contribution is -0.0262. The van der Waals surface area contributed by atoms with Gasteiger partial charge in [-0.15, -0.1) is 0 Å². The Kier molecular flexibility index (Phi) is 3.42. The Morgan fingerprint density at radius 1 is 1.50 bits per heavy atom. The van der Waals surface area contributed by atoms with Gasteiger partial charge in [0.25, 0.3) is 0 Å². The van der Waals surface area contributed by atoms with Crippen molar-refractivity contribution in [1.29, 1.82) is 0 Å². The predicted molar refractivity (Wildman–Crippen MR) is 57.4 cm³/mol. The summed E-state index contributed by atoms with van der Waals surface area (Å²) in [5, 5.41) is 3.34. The average Bonchev–Trinajstić information content (AvgIpc) is 1.99. The molecule has 14 heavy (non-hydrogen) atoms. The number of hydrogen-bond donors (Lipinski definition) is 1. The molecule has 2 atom stereocenters. The van der Waals surface area contributed by atoms with Crippen LogP contribution in [0.4, 0.5) is 0 Å². The lowest BCUT2D eigenvalue weighted by atomic mass is 9.88. The van der Waals surface area contributed by atoms with Gasteiger partial charge in [-0.3, -0.25) is 4.90 Å². The fraction of sp³-hybridized carbons (Fsp3) is 1.00. The highest BCUT2D eigenvalue weighted by Gasteiger charge is 2.26. The molecule has 0 radical (unpaired) electrons. The number of nitrogens with zero attached hydrogens (tertiary/aromatic N) is 1. The Balaban J connectivity index is 1.72. The minimum absolute atomic E-state index is 0.426. The Bertz CT molecular complexity index is 182. The topological polar surface area (TPSA) is 24.5 Å². The third kappa shape index (κ3) is 2.47. The van der Waals surface area contributed by atoms with Gasteiger partial charge < -0.3 is 10.1 Å². The summed E-state index contributed by atoms with van der Waals surface area (Å²) >= 11 is 0. The van der Waals surface area contributed by atoms with E-state index in [1.165, 1.54) is 19.6 Å². The molecule has 2 aliphatic heterocycles. The molecule has 1 N–H and O–H groups in total. The molecule has 2 unspecified atom stereocenters. The van der Waals surface area contributed by atoms with Gasteiger partial charge in [0.2, 0.25) is 0 Å². The van der Waals surface area contributed by atoms with Gasteiger partial charge in [0.1, 0.15) is 0 Å². The molecule has 2 heterocycles. The molecule has 0 amide bonds. The standard InChI is InChI=1S/C11H22N2O/c1-9(11-5-12-6-11)7-13-3-4-14-10(2)8-13/h9-12H,3-8H2,1-2H3. The second kappa shape index (κ2) is 4.60. The smallest absolute Gasteiger partial charge is 0.0674 e. The van der Waals surface area contributed by atoms with Gasteiger partial charge in [0.05, 0.1) is 12.7 Å². The molecule has 3 heteroatoms. The van der Waals surface area contributed by atoms with Crippen LogP contribution in [0, 0.1) is 11.8 Å². The maximum absolute atomic E-state index is 5.54. The number of hydrogen-bond acceptors (Lipinski definition) is 3. The molecule has 82 valence electrons. The highest BCUT2D eigenvalue weighted by atomic mass is 16.5. The minimum Gasteiger partial charge on any atom is -0.376 e. The van der Waals surface area contributed by atoms with Gasteiger partial charge in [0, 0.05) is 19.6 Å². The van der Waals surface area contributed by atoms with Crippen LogP contribution in [0.2, 0.25) is 0 Å². The Morgan fingerprint density at radius 3 is 2.86 bits per heavy atom. The maximum atomic E-state index is 5.54. The number of morpholine rings is 1. The van der Waals surface area contributed by atoms with Gasteiger partial charge in [-0.25, -0.2) is 0 Å². The van der Waals surface area contributed by atoms with Crippen LogP contribution in [0.1, 0.15) is 13.8 Å². The molecule has 2 aliphatic rings.